The number of amides is 2. The predicted molar refractivity (Wildman–Crippen MR) is 121 cm³/mol. The molecule has 0 saturated carbocycles. The second kappa shape index (κ2) is 8.39. The van der Waals surface area contributed by atoms with E-state index in [4.69, 9.17) is 23.2 Å². The summed E-state index contributed by atoms with van der Waals surface area (Å²) in [6, 6.07) is 23.7. The van der Waals surface area contributed by atoms with Crippen molar-refractivity contribution >= 4 is 40.6 Å². The normalized spacial score (nSPS) is 18.5. The lowest BCUT2D eigenvalue weighted by Gasteiger charge is -2.28. The molecule has 4 rings (SSSR count). The van der Waals surface area contributed by atoms with Gasteiger partial charge in [-0.25, -0.2) is 4.79 Å². The van der Waals surface area contributed by atoms with Crippen molar-refractivity contribution in [2.45, 2.75) is 25.4 Å². The SMILES string of the molecule is CCC1C(c2cccc(C#N)c2)N(c2ccc(Cl)cc2)C(=O)N1c1ccc(Cl)cc1. The molecule has 2 atom stereocenters. The average Bonchev–Trinajstić information content (AvgIpc) is 3.07. The van der Waals surface area contributed by atoms with Crippen molar-refractivity contribution in [3.05, 3.63) is 94.0 Å². The lowest BCUT2D eigenvalue weighted by Crippen LogP contribution is -2.34. The molecular weight excluding hydrogens is 417 g/mol. The van der Waals surface area contributed by atoms with Crippen molar-refractivity contribution in [3.8, 4) is 6.07 Å². The Bertz CT molecular complexity index is 1110. The van der Waals surface area contributed by atoms with Crippen LogP contribution in [0.1, 0.15) is 30.5 Å². The van der Waals surface area contributed by atoms with Gasteiger partial charge in [0.05, 0.1) is 23.7 Å². The maximum absolute atomic E-state index is 13.7. The third-order valence-electron chi connectivity index (χ3n) is 5.37. The summed E-state index contributed by atoms with van der Waals surface area (Å²) < 4.78 is 0. The summed E-state index contributed by atoms with van der Waals surface area (Å²) >= 11 is 12.1. The molecule has 0 radical (unpaired) electrons. The summed E-state index contributed by atoms with van der Waals surface area (Å²) in [5.41, 5.74) is 3.03. The van der Waals surface area contributed by atoms with Crippen molar-refractivity contribution in [1.29, 1.82) is 5.26 Å². The molecule has 2 amide bonds. The first-order valence-electron chi connectivity index (χ1n) is 9.67. The first kappa shape index (κ1) is 20.3. The Morgan fingerprint density at radius 1 is 0.900 bits per heavy atom. The van der Waals surface area contributed by atoms with E-state index in [-0.39, 0.29) is 18.1 Å². The first-order chi connectivity index (χ1) is 14.5. The number of carbonyl (C=O) groups excluding carboxylic acids is 1. The highest BCUT2D eigenvalue weighted by atomic mass is 35.5. The van der Waals surface area contributed by atoms with E-state index >= 15 is 0 Å². The van der Waals surface area contributed by atoms with E-state index in [1.54, 1.807) is 35.2 Å². The molecular formula is C24H19Cl2N3O. The van der Waals surface area contributed by atoms with Gasteiger partial charge in [0, 0.05) is 21.4 Å². The highest BCUT2D eigenvalue weighted by molar-refractivity contribution is 6.31. The number of halogens is 2. The van der Waals surface area contributed by atoms with Gasteiger partial charge in [0.1, 0.15) is 0 Å². The Kier molecular flexibility index (Phi) is 5.67. The lowest BCUT2D eigenvalue weighted by molar-refractivity contribution is 0.255. The van der Waals surface area contributed by atoms with Crippen molar-refractivity contribution in [2.24, 2.45) is 0 Å². The predicted octanol–water partition coefficient (Wildman–Crippen LogP) is 6.83. The number of hydrogen-bond acceptors (Lipinski definition) is 2. The largest absolute Gasteiger partial charge is 0.329 e. The first-order valence-corrected chi connectivity index (χ1v) is 10.4. The molecule has 1 fully saturated rings. The molecule has 0 aliphatic carbocycles. The molecule has 0 aromatic heterocycles. The van der Waals surface area contributed by atoms with E-state index < -0.39 is 0 Å². The summed E-state index contributed by atoms with van der Waals surface area (Å²) in [5, 5.41) is 10.6. The van der Waals surface area contributed by atoms with Gasteiger partial charge in [0.2, 0.25) is 0 Å². The lowest BCUT2D eigenvalue weighted by atomic mass is 9.95. The third kappa shape index (κ3) is 3.63. The van der Waals surface area contributed by atoms with E-state index in [1.807, 2.05) is 47.4 Å². The highest BCUT2D eigenvalue weighted by Crippen LogP contribution is 2.43. The molecule has 1 aliphatic heterocycles. The Balaban J connectivity index is 1.88. The molecule has 3 aromatic carbocycles. The van der Waals surface area contributed by atoms with Gasteiger partial charge < -0.3 is 0 Å². The number of hydrogen-bond donors (Lipinski definition) is 0. The van der Waals surface area contributed by atoms with Crippen LogP contribution in [0.4, 0.5) is 16.2 Å². The number of benzene rings is 3. The van der Waals surface area contributed by atoms with Gasteiger partial charge in [-0.05, 0) is 72.6 Å². The van der Waals surface area contributed by atoms with Gasteiger partial charge in [-0.3, -0.25) is 9.80 Å². The van der Waals surface area contributed by atoms with Crippen LogP contribution >= 0.6 is 23.2 Å². The maximum Gasteiger partial charge on any atom is 0.329 e. The van der Waals surface area contributed by atoms with E-state index in [2.05, 4.69) is 13.0 Å². The molecule has 30 heavy (non-hydrogen) atoms. The van der Waals surface area contributed by atoms with Crippen LogP contribution in [0.15, 0.2) is 72.8 Å². The summed E-state index contributed by atoms with van der Waals surface area (Å²) in [5.74, 6) is 0. The molecule has 2 unspecified atom stereocenters. The van der Waals surface area contributed by atoms with Crippen LogP contribution in [-0.4, -0.2) is 12.1 Å². The fraction of sp³-hybridized carbons (Fsp3) is 0.167. The fourth-order valence-corrected chi connectivity index (χ4v) is 4.29. The van der Waals surface area contributed by atoms with E-state index in [9.17, 15) is 10.1 Å². The molecule has 3 aromatic rings. The third-order valence-corrected chi connectivity index (χ3v) is 5.88. The Labute approximate surface area is 185 Å². The summed E-state index contributed by atoms with van der Waals surface area (Å²) in [7, 11) is 0. The van der Waals surface area contributed by atoms with Gasteiger partial charge >= 0.3 is 6.03 Å². The minimum Gasteiger partial charge on any atom is -0.289 e. The quantitative estimate of drug-likeness (QED) is 0.450. The monoisotopic (exact) mass is 435 g/mol. The number of anilines is 2. The number of nitrogens with zero attached hydrogens (tertiary/aromatic N) is 3. The minimum atomic E-state index is -0.257. The zero-order valence-electron chi connectivity index (χ0n) is 16.3. The van der Waals surface area contributed by atoms with Crippen LogP contribution in [0.2, 0.25) is 10.0 Å². The topological polar surface area (TPSA) is 47.3 Å². The highest BCUT2D eigenvalue weighted by Gasteiger charge is 2.47. The molecule has 0 N–H and O–H groups in total. The van der Waals surface area contributed by atoms with Crippen molar-refractivity contribution in [1.82, 2.24) is 0 Å². The Morgan fingerprint density at radius 3 is 2.00 bits per heavy atom. The number of carbonyl (C=O) groups is 1. The zero-order chi connectivity index (χ0) is 21.3. The smallest absolute Gasteiger partial charge is 0.289 e. The van der Waals surface area contributed by atoms with Crippen molar-refractivity contribution < 1.29 is 4.79 Å². The maximum atomic E-state index is 13.7. The van der Waals surface area contributed by atoms with Crippen LogP contribution < -0.4 is 9.80 Å². The van der Waals surface area contributed by atoms with Gasteiger partial charge in [-0.15, -0.1) is 0 Å². The van der Waals surface area contributed by atoms with Gasteiger partial charge in [0.25, 0.3) is 0 Å². The van der Waals surface area contributed by atoms with Crippen molar-refractivity contribution in [3.63, 3.8) is 0 Å². The standard InChI is InChI=1S/C24H19Cl2N3O/c1-2-22-23(17-5-3-4-16(14-17)15-27)29(21-12-8-19(26)9-13-21)24(30)28(22)20-10-6-18(25)7-11-20/h3-14,22-23H,2H2,1H3. The van der Waals surface area contributed by atoms with Gasteiger partial charge in [0.15, 0.2) is 0 Å². The zero-order valence-corrected chi connectivity index (χ0v) is 17.8. The molecule has 4 nitrogen and oxygen atoms in total. The second-order valence-corrected chi connectivity index (χ2v) is 8.01. The Hall–Kier alpha value is -3.00. The Morgan fingerprint density at radius 2 is 1.47 bits per heavy atom. The van der Waals surface area contributed by atoms with E-state index in [1.165, 1.54) is 0 Å². The van der Waals surface area contributed by atoms with Crippen molar-refractivity contribution in [2.75, 3.05) is 9.80 Å². The number of urea groups is 1. The molecule has 6 heteroatoms. The molecule has 0 spiro atoms. The molecule has 1 heterocycles. The summed E-state index contributed by atoms with van der Waals surface area (Å²) in [6.45, 7) is 2.06. The minimum absolute atomic E-state index is 0.122. The van der Waals surface area contributed by atoms with Crippen LogP contribution in [0.3, 0.4) is 0 Å². The summed E-state index contributed by atoms with van der Waals surface area (Å²) in [4.78, 5) is 17.3. The average molecular weight is 436 g/mol. The van der Waals surface area contributed by atoms with Crippen LogP contribution in [0, 0.1) is 11.3 Å². The van der Waals surface area contributed by atoms with E-state index in [0.717, 1.165) is 23.4 Å². The molecule has 1 aliphatic rings. The van der Waals surface area contributed by atoms with Gasteiger partial charge in [-0.2, -0.15) is 5.26 Å². The second-order valence-electron chi connectivity index (χ2n) is 7.13. The van der Waals surface area contributed by atoms with E-state index in [0.29, 0.717) is 15.6 Å². The van der Waals surface area contributed by atoms with Crippen LogP contribution in [0.5, 0.6) is 0 Å². The summed E-state index contributed by atoms with van der Waals surface area (Å²) in [6.07, 6.45) is 0.736. The molecule has 150 valence electrons. The van der Waals surface area contributed by atoms with Crippen LogP contribution in [0.25, 0.3) is 0 Å². The van der Waals surface area contributed by atoms with Crippen LogP contribution in [-0.2, 0) is 0 Å². The number of rotatable bonds is 4. The fourth-order valence-electron chi connectivity index (χ4n) is 4.04. The number of nitriles is 1. The molecule has 0 bridgehead atoms. The molecule has 1 saturated heterocycles. The van der Waals surface area contributed by atoms with Gasteiger partial charge in [-0.1, -0.05) is 42.3 Å².